The van der Waals surface area contributed by atoms with Crippen LogP contribution in [-0.4, -0.2) is 26.5 Å². The first-order valence-electron chi connectivity index (χ1n) is 7.61. The fourth-order valence-corrected chi connectivity index (χ4v) is 3.65. The number of thioether (sulfide) groups is 1. The fraction of sp³-hybridized carbons (Fsp3) is 0.111. The molecule has 25 heavy (non-hydrogen) atoms. The monoisotopic (exact) mass is 357 g/mol. The number of aryl methyl sites for hydroxylation is 1. The molecule has 2 heterocycles. The van der Waals surface area contributed by atoms with Crippen molar-refractivity contribution in [1.82, 2.24) is 15.0 Å². The second-order valence-corrected chi connectivity index (χ2v) is 6.67. The van der Waals surface area contributed by atoms with Crippen molar-refractivity contribution in [2.45, 2.75) is 12.1 Å². The number of nitrogens with zero attached hydrogens (tertiary/aromatic N) is 1. The number of hydrogen-bond acceptors (Lipinski definition) is 3. The first-order valence-corrected chi connectivity index (χ1v) is 8.59. The molecule has 0 aliphatic heterocycles. The van der Waals surface area contributed by atoms with Crippen LogP contribution in [0.3, 0.4) is 0 Å². The number of para-hydroxylation sites is 1. The standard InChI is InChI=1S/C18H13F2N3OS/c1-9-17(10-4-2-3-5-13(10)21-9)16(24)8-25-18-22-14-6-11(19)12(20)7-15(14)23-18/h2-7,21H,8H2,1H3,(H,22,23). The van der Waals surface area contributed by atoms with Gasteiger partial charge in [0.05, 0.1) is 16.8 Å². The van der Waals surface area contributed by atoms with Crippen LogP contribution in [0.15, 0.2) is 41.6 Å². The maximum Gasteiger partial charge on any atom is 0.175 e. The molecule has 2 aromatic heterocycles. The van der Waals surface area contributed by atoms with Crippen LogP contribution in [0.2, 0.25) is 0 Å². The number of imidazole rings is 1. The van der Waals surface area contributed by atoms with Crippen molar-refractivity contribution in [3.05, 3.63) is 59.3 Å². The maximum absolute atomic E-state index is 13.3. The highest BCUT2D eigenvalue weighted by Gasteiger charge is 2.17. The van der Waals surface area contributed by atoms with Crippen molar-refractivity contribution in [2.24, 2.45) is 0 Å². The van der Waals surface area contributed by atoms with Gasteiger partial charge in [0, 0.05) is 34.3 Å². The molecule has 0 fully saturated rings. The van der Waals surface area contributed by atoms with Gasteiger partial charge in [0.1, 0.15) is 0 Å². The summed E-state index contributed by atoms with van der Waals surface area (Å²) in [4.78, 5) is 22.9. The van der Waals surface area contributed by atoms with Gasteiger partial charge in [-0.3, -0.25) is 4.79 Å². The second kappa shape index (κ2) is 6.00. The molecule has 0 spiro atoms. The Hall–Kier alpha value is -2.67. The van der Waals surface area contributed by atoms with Crippen LogP contribution in [0.5, 0.6) is 0 Å². The summed E-state index contributed by atoms with van der Waals surface area (Å²) in [5.41, 5.74) is 3.13. The lowest BCUT2D eigenvalue weighted by molar-refractivity contribution is 0.102. The predicted octanol–water partition coefficient (Wildman–Crippen LogP) is 4.61. The quantitative estimate of drug-likeness (QED) is 0.414. The normalized spacial score (nSPS) is 11.5. The number of Topliss-reactive ketones (excluding diaryl/α,β-unsaturated/α-hetero) is 1. The van der Waals surface area contributed by atoms with Crippen molar-refractivity contribution >= 4 is 39.5 Å². The number of ketones is 1. The number of hydrogen-bond donors (Lipinski definition) is 2. The Kier molecular flexibility index (Phi) is 3.80. The van der Waals surface area contributed by atoms with E-state index in [1.54, 1.807) is 0 Å². The number of halogens is 2. The van der Waals surface area contributed by atoms with Gasteiger partial charge in [-0.25, -0.2) is 13.8 Å². The number of rotatable bonds is 4. The highest BCUT2D eigenvalue weighted by Crippen LogP contribution is 2.26. The van der Waals surface area contributed by atoms with Crippen LogP contribution < -0.4 is 0 Å². The largest absolute Gasteiger partial charge is 0.358 e. The third-order valence-corrected chi connectivity index (χ3v) is 4.89. The molecule has 0 aliphatic rings. The molecule has 7 heteroatoms. The summed E-state index contributed by atoms with van der Waals surface area (Å²) in [6.07, 6.45) is 0. The van der Waals surface area contributed by atoms with Gasteiger partial charge in [0.2, 0.25) is 0 Å². The van der Waals surface area contributed by atoms with Gasteiger partial charge in [-0.05, 0) is 13.0 Å². The van der Waals surface area contributed by atoms with Gasteiger partial charge in [0.15, 0.2) is 22.6 Å². The van der Waals surface area contributed by atoms with Crippen LogP contribution in [0.25, 0.3) is 21.9 Å². The van der Waals surface area contributed by atoms with E-state index in [1.807, 2.05) is 31.2 Å². The second-order valence-electron chi connectivity index (χ2n) is 5.71. The number of nitrogens with one attached hydrogen (secondary N) is 2. The Morgan fingerprint density at radius 3 is 2.72 bits per heavy atom. The third kappa shape index (κ3) is 2.80. The average molecular weight is 357 g/mol. The van der Waals surface area contributed by atoms with E-state index >= 15 is 0 Å². The average Bonchev–Trinajstić information content (AvgIpc) is 3.12. The van der Waals surface area contributed by atoms with Crippen LogP contribution in [-0.2, 0) is 0 Å². The summed E-state index contributed by atoms with van der Waals surface area (Å²) in [5.74, 6) is -1.73. The molecule has 0 aliphatic carbocycles. The smallest absolute Gasteiger partial charge is 0.175 e. The maximum atomic E-state index is 13.3. The van der Waals surface area contributed by atoms with Crippen molar-refractivity contribution in [1.29, 1.82) is 0 Å². The number of fused-ring (bicyclic) bond motifs is 2. The predicted molar refractivity (Wildman–Crippen MR) is 94.1 cm³/mol. The molecule has 0 bridgehead atoms. The third-order valence-electron chi connectivity index (χ3n) is 4.01. The molecule has 0 amide bonds. The van der Waals surface area contributed by atoms with E-state index in [0.29, 0.717) is 21.8 Å². The molecule has 2 aromatic carbocycles. The summed E-state index contributed by atoms with van der Waals surface area (Å²) in [6.45, 7) is 1.87. The van der Waals surface area contributed by atoms with Crippen molar-refractivity contribution in [3.63, 3.8) is 0 Å². The number of H-pyrrole nitrogens is 2. The van der Waals surface area contributed by atoms with Crippen molar-refractivity contribution in [2.75, 3.05) is 5.75 Å². The SMILES string of the molecule is Cc1[nH]c2ccccc2c1C(=O)CSc1nc2cc(F)c(F)cc2[nH]1. The van der Waals surface area contributed by atoms with Gasteiger partial charge in [-0.2, -0.15) is 0 Å². The summed E-state index contributed by atoms with van der Waals surface area (Å²) in [6, 6.07) is 9.73. The number of benzene rings is 2. The lowest BCUT2D eigenvalue weighted by atomic mass is 10.1. The van der Waals surface area contributed by atoms with E-state index in [4.69, 9.17) is 0 Å². The zero-order valence-corrected chi connectivity index (χ0v) is 14.0. The molecule has 0 unspecified atom stereocenters. The molecule has 4 nitrogen and oxygen atoms in total. The van der Waals surface area contributed by atoms with Gasteiger partial charge in [-0.1, -0.05) is 30.0 Å². The van der Waals surface area contributed by atoms with E-state index in [1.165, 1.54) is 11.8 Å². The Morgan fingerprint density at radius 1 is 1.12 bits per heavy atom. The summed E-state index contributed by atoms with van der Waals surface area (Å²) < 4.78 is 26.5. The number of aromatic nitrogens is 3. The summed E-state index contributed by atoms with van der Waals surface area (Å²) in [5, 5.41) is 1.34. The number of carbonyl (C=O) groups is 1. The number of aromatic amines is 2. The minimum atomic E-state index is -0.943. The highest BCUT2D eigenvalue weighted by atomic mass is 32.2. The van der Waals surface area contributed by atoms with Crippen LogP contribution >= 0.6 is 11.8 Å². The zero-order chi connectivity index (χ0) is 17.6. The van der Waals surface area contributed by atoms with Crippen molar-refractivity contribution < 1.29 is 13.6 Å². The lowest BCUT2D eigenvalue weighted by Gasteiger charge is -2.00. The minimum Gasteiger partial charge on any atom is -0.358 e. The van der Waals surface area contributed by atoms with Gasteiger partial charge in [-0.15, -0.1) is 0 Å². The Bertz CT molecular complexity index is 1080. The minimum absolute atomic E-state index is 0.0298. The summed E-state index contributed by atoms with van der Waals surface area (Å²) in [7, 11) is 0. The van der Waals surface area contributed by atoms with E-state index in [9.17, 15) is 13.6 Å². The Labute approximate surface area is 145 Å². The van der Waals surface area contributed by atoms with Crippen LogP contribution in [0.4, 0.5) is 8.78 Å². The van der Waals surface area contributed by atoms with E-state index in [2.05, 4.69) is 15.0 Å². The molecular weight excluding hydrogens is 344 g/mol. The lowest BCUT2D eigenvalue weighted by Crippen LogP contribution is -2.03. The molecular formula is C18H13F2N3OS. The highest BCUT2D eigenvalue weighted by molar-refractivity contribution is 7.99. The van der Waals surface area contributed by atoms with Gasteiger partial charge in [0.25, 0.3) is 0 Å². The van der Waals surface area contributed by atoms with Crippen molar-refractivity contribution in [3.8, 4) is 0 Å². The molecule has 0 saturated carbocycles. The van der Waals surface area contributed by atoms with Crippen LogP contribution in [0.1, 0.15) is 16.1 Å². The first-order chi connectivity index (χ1) is 12.0. The van der Waals surface area contributed by atoms with E-state index in [-0.39, 0.29) is 11.5 Å². The van der Waals surface area contributed by atoms with Gasteiger partial charge >= 0.3 is 0 Å². The molecule has 0 atom stereocenters. The molecule has 2 N–H and O–H groups in total. The fourth-order valence-electron chi connectivity index (χ4n) is 2.89. The topological polar surface area (TPSA) is 61.5 Å². The molecule has 0 radical (unpaired) electrons. The Morgan fingerprint density at radius 2 is 1.88 bits per heavy atom. The molecule has 4 aromatic rings. The summed E-state index contributed by atoms with van der Waals surface area (Å²) >= 11 is 1.21. The van der Waals surface area contributed by atoms with E-state index in [0.717, 1.165) is 28.7 Å². The van der Waals surface area contributed by atoms with Gasteiger partial charge < -0.3 is 9.97 Å². The number of carbonyl (C=O) groups excluding carboxylic acids is 1. The molecule has 0 saturated heterocycles. The Balaban J connectivity index is 1.58. The zero-order valence-electron chi connectivity index (χ0n) is 13.2. The van der Waals surface area contributed by atoms with E-state index < -0.39 is 11.6 Å². The molecule has 126 valence electrons. The molecule has 4 rings (SSSR count). The first kappa shape index (κ1) is 15.8. The van der Waals surface area contributed by atoms with Crippen LogP contribution in [0, 0.1) is 18.6 Å².